The maximum atomic E-state index is 12.3. The molecule has 1 fully saturated rings. The summed E-state index contributed by atoms with van der Waals surface area (Å²) in [4.78, 5) is 14.0. The average molecular weight is 263 g/mol. The Morgan fingerprint density at radius 3 is 2.79 bits per heavy atom. The summed E-state index contributed by atoms with van der Waals surface area (Å²) in [5.74, 6) is 1.26. The molecule has 1 saturated heterocycles. The number of likely N-dealkylation sites (tertiary alicyclic amines) is 1. The summed E-state index contributed by atoms with van der Waals surface area (Å²) in [6, 6.07) is 5.26. The van der Waals surface area contributed by atoms with Crippen LogP contribution in [-0.2, 0) is 0 Å². The molecule has 1 amide bonds. The number of aliphatic hydroxyl groups is 1. The summed E-state index contributed by atoms with van der Waals surface area (Å²) in [5.41, 5.74) is 0.582. The standard InChI is InChI=1S/C14H17NO4/c16-11-4-5-15(9-11)14(17)10-2-3-12-13(8-10)19-7-1-6-18-12/h2-3,8,11,16H,1,4-7,9H2/t11-/m1/s1. The molecule has 2 aliphatic heterocycles. The van der Waals surface area contributed by atoms with Crippen LogP contribution in [0.5, 0.6) is 11.5 Å². The Labute approximate surface area is 111 Å². The number of hydrogen-bond donors (Lipinski definition) is 1. The van der Waals surface area contributed by atoms with Crippen LogP contribution in [0.2, 0.25) is 0 Å². The molecule has 1 aromatic rings. The molecule has 0 bridgehead atoms. The number of amides is 1. The lowest BCUT2D eigenvalue weighted by molar-refractivity contribution is 0.0764. The van der Waals surface area contributed by atoms with E-state index in [1.165, 1.54) is 0 Å². The van der Waals surface area contributed by atoms with Gasteiger partial charge in [-0.25, -0.2) is 0 Å². The lowest BCUT2D eigenvalue weighted by Gasteiger charge is -2.16. The third kappa shape index (κ3) is 2.51. The van der Waals surface area contributed by atoms with Gasteiger partial charge in [-0.05, 0) is 24.6 Å². The van der Waals surface area contributed by atoms with Crippen LogP contribution in [0.15, 0.2) is 18.2 Å². The minimum absolute atomic E-state index is 0.0628. The SMILES string of the molecule is O=C(c1ccc2c(c1)OCCCO2)N1CC[C@@H](O)C1. The Balaban J connectivity index is 1.81. The fraction of sp³-hybridized carbons (Fsp3) is 0.500. The van der Waals surface area contributed by atoms with Gasteiger partial charge in [-0.15, -0.1) is 0 Å². The molecule has 0 aromatic heterocycles. The van der Waals surface area contributed by atoms with E-state index in [-0.39, 0.29) is 5.91 Å². The van der Waals surface area contributed by atoms with Crippen molar-refractivity contribution >= 4 is 5.91 Å². The molecule has 0 unspecified atom stereocenters. The zero-order valence-corrected chi connectivity index (χ0v) is 10.7. The number of carbonyl (C=O) groups is 1. The van der Waals surface area contributed by atoms with Crippen molar-refractivity contribution in [2.75, 3.05) is 26.3 Å². The van der Waals surface area contributed by atoms with Gasteiger partial charge in [0.05, 0.1) is 19.3 Å². The first kappa shape index (κ1) is 12.3. The maximum Gasteiger partial charge on any atom is 0.254 e. The highest BCUT2D eigenvalue weighted by Gasteiger charge is 2.26. The van der Waals surface area contributed by atoms with Crippen molar-refractivity contribution in [3.63, 3.8) is 0 Å². The molecule has 19 heavy (non-hydrogen) atoms. The van der Waals surface area contributed by atoms with Gasteiger partial charge in [-0.2, -0.15) is 0 Å². The number of nitrogens with zero attached hydrogens (tertiary/aromatic N) is 1. The van der Waals surface area contributed by atoms with Crippen LogP contribution >= 0.6 is 0 Å². The molecule has 0 saturated carbocycles. The van der Waals surface area contributed by atoms with Crippen LogP contribution in [0.4, 0.5) is 0 Å². The van der Waals surface area contributed by atoms with Crippen LogP contribution in [-0.4, -0.2) is 48.3 Å². The molecule has 0 spiro atoms. The number of ether oxygens (including phenoxy) is 2. The van der Waals surface area contributed by atoms with E-state index in [4.69, 9.17) is 9.47 Å². The van der Waals surface area contributed by atoms with Crippen LogP contribution in [0.3, 0.4) is 0 Å². The maximum absolute atomic E-state index is 12.3. The molecule has 5 heteroatoms. The van der Waals surface area contributed by atoms with Crippen LogP contribution in [0.25, 0.3) is 0 Å². The zero-order chi connectivity index (χ0) is 13.2. The highest BCUT2D eigenvalue weighted by Crippen LogP contribution is 2.31. The van der Waals surface area contributed by atoms with Gasteiger partial charge in [-0.3, -0.25) is 4.79 Å². The Hall–Kier alpha value is -1.75. The van der Waals surface area contributed by atoms with Gasteiger partial charge in [0.15, 0.2) is 11.5 Å². The first-order chi connectivity index (χ1) is 9.24. The van der Waals surface area contributed by atoms with Crippen LogP contribution < -0.4 is 9.47 Å². The minimum atomic E-state index is -0.399. The zero-order valence-electron chi connectivity index (χ0n) is 10.7. The van der Waals surface area contributed by atoms with E-state index in [0.717, 1.165) is 6.42 Å². The predicted molar refractivity (Wildman–Crippen MR) is 68.6 cm³/mol. The van der Waals surface area contributed by atoms with E-state index in [1.54, 1.807) is 23.1 Å². The van der Waals surface area contributed by atoms with Gasteiger partial charge in [0.25, 0.3) is 5.91 Å². The van der Waals surface area contributed by atoms with Crippen LogP contribution in [0, 0.1) is 0 Å². The van der Waals surface area contributed by atoms with E-state index in [0.29, 0.717) is 49.8 Å². The Bertz CT molecular complexity index is 488. The predicted octanol–water partition coefficient (Wildman–Crippen LogP) is 1.05. The number of aliphatic hydroxyl groups excluding tert-OH is 1. The molecule has 3 rings (SSSR count). The van der Waals surface area contributed by atoms with Crippen molar-refractivity contribution in [2.45, 2.75) is 18.9 Å². The van der Waals surface area contributed by atoms with Gasteiger partial charge < -0.3 is 19.5 Å². The smallest absolute Gasteiger partial charge is 0.254 e. The molecule has 1 atom stereocenters. The minimum Gasteiger partial charge on any atom is -0.490 e. The number of fused-ring (bicyclic) bond motifs is 1. The Kier molecular flexibility index (Phi) is 3.29. The van der Waals surface area contributed by atoms with Crippen molar-refractivity contribution in [3.05, 3.63) is 23.8 Å². The quantitative estimate of drug-likeness (QED) is 0.823. The lowest BCUT2D eigenvalue weighted by atomic mass is 10.1. The summed E-state index contributed by atoms with van der Waals surface area (Å²) in [7, 11) is 0. The van der Waals surface area contributed by atoms with Gasteiger partial charge >= 0.3 is 0 Å². The van der Waals surface area contributed by atoms with Gasteiger partial charge in [-0.1, -0.05) is 0 Å². The molecular weight excluding hydrogens is 246 g/mol. The second-order valence-corrected chi connectivity index (χ2v) is 4.91. The van der Waals surface area contributed by atoms with E-state index in [9.17, 15) is 9.90 Å². The average Bonchev–Trinajstić information content (AvgIpc) is 2.72. The number of benzene rings is 1. The largest absolute Gasteiger partial charge is 0.490 e. The Morgan fingerprint density at radius 1 is 1.26 bits per heavy atom. The van der Waals surface area contributed by atoms with Crippen molar-refractivity contribution in [1.82, 2.24) is 4.90 Å². The van der Waals surface area contributed by atoms with Crippen LogP contribution in [0.1, 0.15) is 23.2 Å². The van der Waals surface area contributed by atoms with Crippen molar-refractivity contribution in [1.29, 1.82) is 0 Å². The third-order valence-electron chi connectivity index (χ3n) is 3.45. The van der Waals surface area contributed by atoms with E-state index in [1.807, 2.05) is 0 Å². The molecule has 5 nitrogen and oxygen atoms in total. The Morgan fingerprint density at radius 2 is 2.05 bits per heavy atom. The second-order valence-electron chi connectivity index (χ2n) is 4.91. The lowest BCUT2D eigenvalue weighted by Crippen LogP contribution is -2.29. The van der Waals surface area contributed by atoms with Gasteiger partial charge in [0.2, 0.25) is 0 Å². The first-order valence-corrected chi connectivity index (χ1v) is 6.61. The van der Waals surface area contributed by atoms with E-state index < -0.39 is 6.10 Å². The third-order valence-corrected chi connectivity index (χ3v) is 3.45. The molecule has 1 aromatic carbocycles. The topological polar surface area (TPSA) is 59.0 Å². The van der Waals surface area contributed by atoms with E-state index in [2.05, 4.69) is 0 Å². The number of hydrogen-bond acceptors (Lipinski definition) is 4. The second kappa shape index (κ2) is 5.09. The van der Waals surface area contributed by atoms with Crippen molar-refractivity contribution < 1.29 is 19.4 Å². The number of carbonyl (C=O) groups excluding carboxylic acids is 1. The summed E-state index contributed by atoms with van der Waals surface area (Å²) in [6.45, 7) is 2.26. The summed E-state index contributed by atoms with van der Waals surface area (Å²) in [5, 5.41) is 9.49. The van der Waals surface area contributed by atoms with Crippen molar-refractivity contribution in [3.8, 4) is 11.5 Å². The summed E-state index contributed by atoms with van der Waals surface area (Å²) >= 11 is 0. The molecule has 2 heterocycles. The van der Waals surface area contributed by atoms with Crippen molar-refractivity contribution in [2.24, 2.45) is 0 Å². The van der Waals surface area contributed by atoms with Gasteiger partial charge in [0.1, 0.15) is 0 Å². The van der Waals surface area contributed by atoms with Gasteiger partial charge in [0, 0.05) is 25.1 Å². The molecule has 2 aliphatic rings. The number of rotatable bonds is 1. The fourth-order valence-electron chi connectivity index (χ4n) is 2.41. The normalized spacial score (nSPS) is 22.2. The summed E-state index contributed by atoms with van der Waals surface area (Å²) < 4.78 is 11.1. The molecular formula is C14H17NO4. The molecule has 1 N–H and O–H groups in total. The summed E-state index contributed by atoms with van der Waals surface area (Å²) in [6.07, 6.45) is 1.09. The van der Waals surface area contributed by atoms with E-state index >= 15 is 0 Å². The number of β-amino-alcohol motifs (C(OH)–C–C–N with tert-alkyl or cyclic N) is 1. The molecule has 0 radical (unpaired) electrons. The monoisotopic (exact) mass is 263 g/mol. The molecule has 0 aliphatic carbocycles. The first-order valence-electron chi connectivity index (χ1n) is 6.61. The fourth-order valence-corrected chi connectivity index (χ4v) is 2.41. The highest BCUT2D eigenvalue weighted by molar-refractivity contribution is 5.95. The highest BCUT2D eigenvalue weighted by atomic mass is 16.5. The molecule has 102 valence electrons.